The lowest BCUT2D eigenvalue weighted by Gasteiger charge is -2.27. The Labute approximate surface area is 291 Å². The lowest BCUT2D eigenvalue weighted by molar-refractivity contribution is 0.642. The van der Waals surface area contributed by atoms with Gasteiger partial charge in [0, 0.05) is 23.3 Å². The molecular weight excluding hydrogens is 591 g/mol. The third kappa shape index (κ3) is 6.30. The number of fused-ring (bicyclic) bond motifs is 3. The quantitative estimate of drug-likeness (QED) is 0.158. The van der Waals surface area contributed by atoms with E-state index >= 15 is 0 Å². The minimum atomic E-state index is 0.511. The van der Waals surface area contributed by atoms with Crippen molar-refractivity contribution in [2.75, 3.05) is 4.90 Å². The summed E-state index contributed by atoms with van der Waals surface area (Å²) in [6.07, 6.45) is 8.49. The van der Waals surface area contributed by atoms with E-state index in [1.807, 2.05) is 0 Å². The van der Waals surface area contributed by atoms with E-state index in [0.717, 1.165) is 0 Å². The van der Waals surface area contributed by atoms with Gasteiger partial charge in [-0.3, -0.25) is 0 Å². The average molecular weight is 634 g/mol. The van der Waals surface area contributed by atoms with Crippen LogP contribution >= 0.6 is 0 Å². The molecule has 49 heavy (non-hydrogen) atoms. The highest BCUT2D eigenvalue weighted by molar-refractivity contribution is 5.93. The van der Waals surface area contributed by atoms with Crippen molar-refractivity contribution in [1.82, 2.24) is 0 Å². The van der Waals surface area contributed by atoms with Crippen LogP contribution in [0.5, 0.6) is 0 Å². The SMILES string of the molecule is Cc1ccc(C(=Cc2ccc(N3c4ccc(/C=C(\c5ccccc5)c5ccc(C)cc5)cc4C4CCCC43)cc2)c2ccc(C)cc2)cc1. The van der Waals surface area contributed by atoms with E-state index in [9.17, 15) is 0 Å². The predicted octanol–water partition coefficient (Wildman–Crippen LogP) is 12.6. The van der Waals surface area contributed by atoms with Gasteiger partial charge in [-0.05, 0) is 120 Å². The molecule has 2 aliphatic rings. The number of rotatable bonds is 7. The van der Waals surface area contributed by atoms with Gasteiger partial charge in [0.2, 0.25) is 0 Å². The Morgan fingerprint density at radius 3 is 1.55 bits per heavy atom. The van der Waals surface area contributed by atoms with E-state index in [2.05, 4.69) is 183 Å². The molecule has 2 unspecified atom stereocenters. The zero-order valence-electron chi connectivity index (χ0n) is 28.7. The number of nitrogens with zero attached hydrogens (tertiary/aromatic N) is 1. The van der Waals surface area contributed by atoms with E-state index in [1.165, 1.54) is 97.4 Å². The Kier molecular flexibility index (Phi) is 8.35. The molecule has 240 valence electrons. The lowest BCUT2D eigenvalue weighted by Crippen LogP contribution is -2.26. The molecule has 0 aromatic heterocycles. The van der Waals surface area contributed by atoms with E-state index in [4.69, 9.17) is 0 Å². The molecule has 0 radical (unpaired) electrons. The highest BCUT2D eigenvalue weighted by atomic mass is 15.2. The van der Waals surface area contributed by atoms with Gasteiger partial charge in [-0.25, -0.2) is 0 Å². The first-order valence-electron chi connectivity index (χ1n) is 17.7. The molecule has 1 saturated carbocycles. The summed E-state index contributed by atoms with van der Waals surface area (Å²) >= 11 is 0. The van der Waals surface area contributed by atoms with Gasteiger partial charge in [0.05, 0.1) is 0 Å². The second-order valence-electron chi connectivity index (χ2n) is 14.0. The smallest absolute Gasteiger partial charge is 0.0450 e. The molecule has 1 aliphatic heterocycles. The van der Waals surface area contributed by atoms with Crippen LogP contribution in [0.1, 0.15) is 80.8 Å². The molecule has 0 amide bonds. The first-order chi connectivity index (χ1) is 24.0. The topological polar surface area (TPSA) is 3.24 Å². The highest BCUT2D eigenvalue weighted by Crippen LogP contribution is 2.52. The Balaban J connectivity index is 1.14. The van der Waals surface area contributed by atoms with Crippen molar-refractivity contribution in [3.05, 3.63) is 201 Å². The van der Waals surface area contributed by atoms with Gasteiger partial charge in [-0.1, -0.05) is 144 Å². The monoisotopic (exact) mass is 633 g/mol. The van der Waals surface area contributed by atoms with Crippen LogP contribution in [0.4, 0.5) is 11.4 Å². The van der Waals surface area contributed by atoms with E-state index < -0.39 is 0 Å². The minimum Gasteiger partial charge on any atom is -0.338 e. The first-order valence-corrected chi connectivity index (χ1v) is 17.7. The number of anilines is 2. The molecule has 0 bridgehead atoms. The molecule has 0 N–H and O–H groups in total. The Hall–Kier alpha value is -5.40. The maximum atomic E-state index is 2.63. The molecular formula is C48H43N. The number of aryl methyl sites for hydroxylation is 3. The van der Waals surface area contributed by atoms with Crippen LogP contribution < -0.4 is 4.90 Å². The summed E-state index contributed by atoms with van der Waals surface area (Å²) in [5, 5.41) is 0. The molecule has 2 atom stereocenters. The average Bonchev–Trinajstić information content (AvgIpc) is 3.73. The summed E-state index contributed by atoms with van der Waals surface area (Å²) in [5.74, 6) is 0.567. The summed E-state index contributed by atoms with van der Waals surface area (Å²) < 4.78 is 0. The van der Waals surface area contributed by atoms with Crippen LogP contribution in [0.15, 0.2) is 146 Å². The van der Waals surface area contributed by atoms with Crippen molar-refractivity contribution in [3.8, 4) is 0 Å². The molecule has 6 aromatic rings. The van der Waals surface area contributed by atoms with Crippen molar-refractivity contribution < 1.29 is 0 Å². The molecule has 8 rings (SSSR count). The predicted molar refractivity (Wildman–Crippen MR) is 209 cm³/mol. The highest BCUT2D eigenvalue weighted by Gasteiger charge is 2.42. The molecule has 1 aliphatic carbocycles. The van der Waals surface area contributed by atoms with E-state index in [0.29, 0.717) is 12.0 Å². The fraction of sp³-hybridized carbons (Fsp3) is 0.167. The number of hydrogen-bond donors (Lipinski definition) is 0. The maximum Gasteiger partial charge on any atom is 0.0450 e. The lowest BCUT2D eigenvalue weighted by atomic mass is 9.92. The summed E-state index contributed by atoms with van der Waals surface area (Å²) in [4.78, 5) is 2.63. The van der Waals surface area contributed by atoms with Crippen molar-refractivity contribution in [2.24, 2.45) is 0 Å². The Morgan fingerprint density at radius 2 is 1.00 bits per heavy atom. The molecule has 1 fully saturated rings. The second kappa shape index (κ2) is 13.2. The van der Waals surface area contributed by atoms with Crippen LogP contribution in [0.3, 0.4) is 0 Å². The van der Waals surface area contributed by atoms with Crippen LogP contribution in [-0.4, -0.2) is 6.04 Å². The largest absolute Gasteiger partial charge is 0.338 e. The van der Waals surface area contributed by atoms with Gasteiger partial charge in [0.15, 0.2) is 0 Å². The van der Waals surface area contributed by atoms with E-state index in [-0.39, 0.29) is 0 Å². The van der Waals surface area contributed by atoms with Crippen molar-refractivity contribution >= 4 is 34.7 Å². The van der Waals surface area contributed by atoms with Gasteiger partial charge >= 0.3 is 0 Å². The molecule has 0 saturated heterocycles. The van der Waals surface area contributed by atoms with Gasteiger partial charge < -0.3 is 4.90 Å². The van der Waals surface area contributed by atoms with Gasteiger partial charge in [-0.2, -0.15) is 0 Å². The second-order valence-corrected chi connectivity index (χ2v) is 14.0. The Morgan fingerprint density at radius 1 is 0.510 bits per heavy atom. The van der Waals surface area contributed by atoms with Crippen LogP contribution in [0.25, 0.3) is 23.3 Å². The van der Waals surface area contributed by atoms with Crippen LogP contribution in [-0.2, 0) is 0 Å². The van der Waals surface area contributed by atoms with Crippen LogP contribution in [0.2, 0.25) is 0 Å². The standard InChI is InChI=1S/C48H43N/c1-33-12-21-39(22-13-33)44(40-23-14-34(2)15-24-40)30-36-18-27-42(28-19-36)49-47-11-7-10-43(47)46-32-37(20-29-48(46)49)31-45(38-8-5-4-6-9-38)41-25-16-35(3)17-26-41/h4-6,8-9,12-32,43,47H,7,10-11H2,1-3H3/b45-31+. The third-order valence-electron chi connectivity index (χ3n) is 10.5. The molecule has 1 nitrogen and oxygen atoms in total. The summed E-state index contributed by atoms with van der Waals surface area (Å²) in [5.41, 5.74) is 17.9. The van der Waals surface area contributed by atoms with E-state index in [1.54, 1.807) is 0 Å². The molecule has 6 aromatic carbocycles. The normalized spacial score (nSPS) is 16.7. The zero-order chi connectivity index (χ0) is 33.3. The minimum absolute atomic E-state index is 0.511. The zero-order valence-corrected chi connectivity index (χ0v) is 28.7. The van der Waals surface area contributed by atoms with Crippen LogP contribution in [0, 0.1) is 20.8 Å². The molecule has 1 heterocycles. The Bertz CT molecular complexity index is 2080. The van der Waals surface area contributed by atoms with Crippen molar-refractivity contribution in [1.29, 1.82) is 0 Å². The fourth-order valence-electron chi connectivity index (χ4n) is 7.85. The first kappa shape index (κ1) is 30.9. The third-order valence-corrected chi connectivity index (χ3v) is 10.5. The van der Waals surface area contributed by atoms with Gasteiger partial charge in [0.1, 0.15) is 0 Å². The summed E-state index contributed by atoms with van der Waals surface area (Å²) in [6.45, 7) is 6.44. The summed E-state index contributed by atoms with van der Waals surface area (Å²) in [7, 11) is 0. The van der Waals surface area contributed by atoms with Crippen molar-refractivity contribution in [2.45, 2.75) is 52.0 Å². The number of benzene rings is 6. The maximum absolute atomic E-state index is 2.63. The molecule has 1 heteroatoms. The van der Waals surface area contributed by atoms with Crippen molar-refractivity contribution in [3.63, 3.8) is 0 Å². The van der Waals surface area contributed by atoms with Gasteiger partial charge in [-0.15, -0.1) is 0 Å². The summed E-state index contributed by atoms with van der Waals surface area (Å²) in [6, 6.07) is 54.4. The fourth-order valence-corrected chi connectivity index (χ4v) is 7.85. The van der Waals surface area contributed by atoms with Gasteiger partial charge in [0.25, 0.3) is 0 Å². The molecule has 0 spiro atoms. The number of hydrogen-bond acceptors (Lipinski definition) is 1.